The van der Waals surface area contributed by atoms with Gasteiger partial charge in [-0.05, 0) is 232 Å². The molecule has 8 aromatic carbocycles. The molecule has 0 spiro atoms. The van der Waals surface area contributed by atoms with Gasteiger partial charge in [0.1, 0.15) is 0 Å². The Hall–Kier alpha value is -11.2. The number of hydrogen-bond donors (Lipinski definition) is 4. The van der Waals surface area contributed by atoms with E-state index < -0.39 is 0 Å². The highest BCUT2D eigenvalue weighted by molar-refractivity contribution is 6.48. The van der Waals surface area contributed by atoms with Crippen molar-refractivity contribution in [2.45, 2.75) is 314 Å². The van der Waals surface area contributed by atoms with Crippen LogP contribution in [0.1, 0.15) is 339 Å². The molecule has 8 nitrogen and oxygen atoms in total. The van der Waals surface area contributed by atoms with E-state index >= 15 is 0 Å². The van der Waals surface area contributed by atoms with Gasteiger partial charge in [-0.1, -0.05) is 370 Å². The molecule has 684 valence electrons. The van der Waals surface area contributed by atoms with Crippen LogP contribution in [-0.2, 0) is 65.0 Å². The Morgan fingerprint density at radius 1 is 0.195 bits per heavy atom. The average molecular weight is 1780 g/mol. The fraction of sp³-hybridized carbons (Fsp3) is 0.387. The number of benzene rings is 8. The number of fused-ring (bicyclic) bond motifs is 14. The van der Waals surface area contributed by atoms with E-state index in [2.05, 4.69) is 445 Å². The normalized spacial score (nSPS) is 14.0. The Labute approximate surface area is 796 Å². The Balaban J connectivity index is 1.17. The molecule has 10 heterocycles. The molecule has 0 fully saturated rings. The van der Waals surface area contributed by atoms with Gasteiger partial charge in [0, 0.05) is 98.8 Å². The van der Waals surface area contributed by atoms with E-state index in [1.54, 1.807) is 0 Å². The molecule has 4 N–H and O–H groups in total. The number of aromatic amines is 4. The van der Waals surface area contributed by atoms with Crippen LogP contribution in [0.25, 0.3) is 190 Å². The number of halogens is 1. The van der Waals surface area contributed by atoms with Crippen LogP contribution in [0.4, 0.5) is 0 Å². The lowest BCUT2D eigenvalue weighted by atomic mass is 9.78. The highest BCUT2D eigenvalue weighted by Crippen LogP contribution is 2.54. The van der Waals surface area contributed by atoms with Gasteiger partial charge in [0.15, 0.2) is 0 Å². The summed E-state index contributed by atoms with van der Waals surface area (Å²) in [5.74, 6) is 0. The first-order chi connectivity index (χ1) is 61.3. The first-order valence-electron chi connectivity index (χ1n) is 48.5. The average Bonchev–Trinajstić information content (AvgIpc) is 1.52. The zero-order chi connectivity index (χ0) is 96.3. The number of H-pyrrole nitrogens is 4. The molecule has 0 saturated heterocycles. The van der Waals surface area contributed by atoms with E-state index in [0.29, 0.717) is 10.5 Å². The Morgan fingerprint density at radius 3 is 0.684 bits per heavy atom. The van der Waals surface area contributed by atoms with E-state index in [1.165, 1.54) is 66.8 Å². The quantitative estimate of drug-likeness (QED) is 0.133. The van der Waals surface area contributed by atoms with Crippen molar-refractivity contribution in [3.63, 3.8) is 0 Å². The molecule has 0 amide bonds. The minimum Gasteiger partial charge on any atom is -0.354 e. The second kappa shape index (κ2) is 30.4. The summed E-state index contributed by atoms with van der Waals surface area (Å²) in [7, 11) is 0. The Morgan fingerprint density at radius 2 is 0.421 bits per heavy atom. The van der Waals surface area contributed by atoms with Gasteiger partial charge in [0.05, 0.1) is 60.9 Å². The van der Waals surface area contributed by atoms with E-state index in [1.807, 2.05) is 0 Å². The summed E-state index contributed by atoms with van der Waals surface area (Å²) in [6.45, 7) is 84.1. The van der Waals surface area contributed by atoms with E-state index in [9.17, 15) is 0 Å². The van der Waals surface area contributed by atoms with Crippen LogP contribution in [0.2, 0.25) is 5.02 Å². The van der Waals surface area contributed by atoms with Crippen LogP contribution < -0.4 is 0 Å². The molecule has 0 saturated carbocycles. The van der Waals surface area contributed by atoms with E-state index in [4.69, 9.17) is 31.5 Å². The van der Waals surface area contributed by atoms with Crippen molar-refractivity contribution in [3.8, 4) is 66.8 Å². The zero-order valence-electron chi connectivity index (χ0n) is 86.4. The Kier molecular flexibility index (Phi) is 21.1. The molecule has 9 heteroatoms. The summed E-state index contributed by atoms with van der Waals surface area (Å²) in [5.41, 5.74) is 38.0. The fourth-order valence-corrected chi connectivity index (χ4v) is 20.1. The van der Waals surface area contributed by atoms with Crippen molar-refractivity contribution >= 4 is 134 Å². The number of nitrogens with one attached hydrogen (secondary N) is 4. The fourth-order valence-electron chi connectivity index (χ4n) is 19.8. The summed E-state index contributed by atoms with van der Waals surface area (Å²) in [4.78, 5) is 42.8. The molecule has 0 atom stereocenters. The maximum Gasteiger partial charge on any atom is 0.0930 e. The van der Waals surface area contributed by atoms with Crippen molar-refractivity contribution in [2.75, 3.05) is 0 Å². The van der Waals surface area contributed by atoms with Crippen molar-refractivity contribution in [1.82, 2.24) is 39.9 Å². The third kappa shape index (κ3) is 16.6. The largest absolute Gasteiger partial charge is 0.354 e. The molecule has 2 aliphatic heterocycles. The lowest BCUT2D eigenvalue weighted by Crippen LogP contribution is -2.16. The van der Waals surface area contributed by atoms with Crippen molar-refractivity contribution in [2.24, 2.45) is 0 Å². The zero-order valence-corrected chi connectivity index (χ0v) is 87.2. The standard InChI is InChI=1S/C124H141ClN8/c1-113(2,3)72-45-66(46-73(57-72)114(4,5)6)98-87-37-40-91(126-87)100(68-49-76(117(13,14)15)59-77(50-68)118(16,17)18)95-63-84-85-64-96-101(69-51-78(119(19,20)21)60-79(52-69)120(22,23)24)92-41-38-89(127-92)99(67-47-74(115(7,8)9)58-75(48-67)116(10,11)12)90-43-44-94(129-90)103(71-55-82(123(31,32)33)62-83(56-71)124(34,35)36)112-107(125)104-86-65-97(132-110(86)105(108(84)130-95)106(109(85)131-96)111(104)133-112)102(93-42-39-88(98)128-93)70-53-80(121(25,26)27)61-81(54-70)122(28,29)30/h37-65,128-131H,1-36H3. The number of rotatable bonds is 6. The molecule has 16 aromatic rings. The maximum atomic E-state index is 9.05. The first kappa shape index (κ1) is 92.3. The van der Waals surface area contributed by atoms with Gasteiger partial charge >= 0.3 is 0 Å². The summed E-state index contributed by atoms with van der Waals surface area (Å²) in [6, 6.07) is 60.2. The van der Waals surface area contributed by atoms with Crippen LogP contribution in [-0.4, -0.2) is 39.9 Å². The number of nitrogens with zero attached hydrogens (tertiary/aromatic N) is 4. The van der Waals surface area contributed by atoms with Gasteiger partial charge in [0.25, 0.3) is 0 Å². The molecular formula is C124H141ClN8. The molecular weight excluding hydrogens is 1640 g/mol. The van der Waals surface area contributed by atoms with Gasteiger partial charge in [0.2, 0.25) is 0 Å². The van der Waals surface area contributed by atoms with Gasteiger partial charge in [-0.15, -0.1) is 0 Å². The van der Waals surface area contributed by atoms with Crippen molar-refractivity contribution in [1.29, 1.82) is 0 Å². The monoisotopic (exact) mass is 1780 g/mol. The second-order valence-corrected chi connectivity index (χ2v) is 52.0. The maximum absolute atomic E-state index is 9.05. The van der Waals surface area contributed by atoms with E-state index in [-0.39, 0.29) is 65.0 Å². The molecule has 2 aliphatic rings. The van der Waals surface area contributed by atoms with Gasteiger partial charge in [-0.3, -0.25) is 0 Å². The van der Waals surface area contributed by atoms with Gasteiger partial charge < -0.3 is 19.9 Å². The molecule has 0 aliphatic carbocycles. The topological polar surface area (TPSA) is 115 Å². The SMILES string of the molecule is CC(C)(C)c1cc(-c2c3nc(c(-c4cc(C(C)(C)C)cc(C(C)(C)C)c4)c4cc5c6cc7[nH]c6c6c8nc(c(-c9cc(C(C)(C)C)cc(C(C)(C)C)c9)c9ccc([nH]9)c(-c9cc(C(C)(C)C)cc(C(C)(C)C)c9)c9nc(c7-c7cc(C(C)(C)C)cc(C(C)(C)C)c7)C=C9)c(Cl)c8c7cc(nc7c6c5[nH]4)c(-c4cc(C(C)(C)C)cc(C(C)(C)C)c4)c4ccc2[nH]4)C=C3)cc(C(C)(C)C)c1. The Bertz CT molecular complexity index is 7630. The molecule has 133 heavy (non-hydrogen) atoms. The van der Waals surface area contributed by atoms with Crippen LogP contribution >= 0.6 is 11.6 Å². The highest BCUT2D eigenvalue weighted by Gasteiger charge is 2.36. The summed E-state index contributed by atoms with van der Waals surface area (Å²) < 4.78 is 0. The molecule has 18 rings (SSSR count). The predicted octanol–water partition coefficient (Wildman–Crippen LogP) is 35.8. The first-order valence-corrected chi connectivity index (χ1v) is 48.9. The second-order valence-electron chi connectivity index (χ2n) is 51.6. The van der Waals surface area contributed by atoms with Crippen LogP contribution in [0.3, 0.4) is 0 Å². The highest BCUT2D eigenvalue weighted by atomic mass is 35.5. The smallest absolute Gasteiger partial charge is 0.0930 e. The summed E-state index contributed by atoms with van der Waals surface area (Å²) in [6.07, 6.45) is 9.14. The minimum absolute atomic E-state index is 0.195. The minimum atomic E-state index is -0.258. The van der Waals surface area contributed by atoms with Gasteiger partial charge in [-0.25, -0.2) is 19.9 Å². The lowest BCUT2D eigenvalue weighted by molar-refractivity contribution is 0.568. The molecule has 0 radical (unpaired) electrons. The third-order valence-corrected chi connectivity index (χ3v) is 29.0. The van der Waals surface area contributed by atoms with Crippen LogP contribution in [0.15, 0.2) is 152 Å². The van der Waals surface area contributed by atoms with E-state index in [0.717, 1.165) is 183 Å². The van der Waals surface area contributed by atoms with Crippen LogP contribution in [0.5, 0.6) is 0 Å². The number of aromatic nitrogens is 8. The van der Waals surface area contributed by atoms with Gasteiger partial charge in [-0.2, -0.15) is 0 Å². The summed E-state index contributed by atoms with van der Waals surface area (Å²) in [5, 5.41) is 6.10. The molecule has 16 bridgehead atoms. The molecule has 0 unspecified atom stereocenters. The summed E-state index contributed by atoms with van der Waals surface area (Å²) >= 11 is 9.05. The van der Waals surface area contributed by atoms with Crippen molar-refractivity contribution < 1.29 is 0 Å². The number of hydrogen-bond acceptors (Lipinski definition) is 4. The third-order valence-electron chi connectivity index (χ3n) is 28.6. The van der Waals surface area contributed by atoms with Crippen LogP contribution in [0, 0.1) is 0 Å². The molecule has 8 aromatic heterocycles. The lowest BCUT2D eigenvalue weighted by Gasteiger charge is -2.26. The predicted molar refractivity (Wildman–Crippen MR) is 579 cm³/mol. The van der Waals surface area contributed by atoms with Crippen molar-refractivity contribution in [3.05, 3.63) is 246 Å².